The first kappa shape index (κ1) is 51.2. The third-order valence-electron chi connectivity index (χ3n) is 10.8. The molecular formula is C54H54N6O12. The van der Waals surface area contributed by atoms with E-state index < -0.39 is 5.97 Å². The van der Waals surface area contributed by atoms with Gasteiger partial charge < -0.3 is 42.0 Å². The molecule has 3 heterocycles. The van der Waals surface area contributed by atoms with E-state index >= 15 is 0 Å². The molecule has 0 N–H and O–H groups in total. The molecule has 0 amide bonds. The fraction of sp³-hybridized carbons (Fsp3) is 0.278. The molecule has 7 rings (SSSR count). The molecule has 0 atom stereocenters. The van der Waals surface area contributed by atoms with Gasteiger partial charge in [0.15, 0.2) is 0 Å². The lowest BCUT2D eigenvalue weighted by Gasteiger charge is -2.06. The molecule has 18 nitrogen and oxygen atoms in total. The molecule has 72 heavy (non-hydrogen) atoms. The SMILES string of the molecule is C=COC(=O)CCCCCOc1ccc(-c2noc(-c3cc(-c4nc(-c5ccc(OCCCCCOC(=O)C=C)cc5)no4)cc(-c4nc(-c5ccc(OCCCCCC(=O)OC=C)cc5)no4)c3)n2)cc1. The molecule has 3 aromatic heterocycles. The smallest absolute Gasteiger partial charge is 0.330 e. The van der Waals surface area contributed by atoms with Crippen LogP contribution in [0.3, 0.4) is 0 Å². The van der Waals surface area contributed by atoms with Gasteiger partial charge in [-0.3, -0.25) is 9.59 Å². The summed E-state index contributed by atoms with van der Waals surface area (Å²) in [6, 6.07) is 27.5. The lowest BCUT2D eigenvalue weighted by molar-refractivity contribution is -0.139. The van der Waals surface area contributed by atoms with Gasteiger partial charge in [-0.05, 0) is 149 Å². The highest BCUT2D eigenvalue weighted by Crippen LogP contribution is 2.34. The molecule has 18 heteroatoms. The summed E-state index contributed by atoms with van der Waals surface area (Å²) in [5.74, 6) is 2.73. The quantitative estimate of drug-likeness (QED) is 0.0134. The molecule has 372 valence electrons. The van der Waals surface area contributed by atoms with Crippen LogP contribution in [0.5, 0.6) is 17.2 Å². The number of aromatic nitrogens is 6. The Morgan fingerprint density at radius 2 is 0.764 bits per heavy atom. The van der Waals surface area contributed by atoms with Crippen molar-refractivity contribution >= 4 is 17.9 Å². The summed E-state index contributed by atoms with van der Waals surface area (Å²) >= 11 is 0. The summed E-state index contributed by atoms with van der Waals surface area (Å²) in [4.78, 5) is 48.4. The summed E-state index contributed by atoms with van der Waals surface area (Å²) in [5.41, 5.74) is 3.69. The monoisotopic (exact) mass is 978 g/mol. The predicted molar refractivity (Wildman–Crippen MR) is 264 cm³/mol. The number of hydrogen-bond acceptors (Lipinski definition) is 18. The summed E-state index contributed by atoms with van der Waals surface area (Å²) in [5, 5.41) is 12.8. The number of carbonyl (C=O) groups excluding carboxylic acids is 3. The minimum Gasteiger partial charge on any atom is -0.494 e. The Labute approximate surface area is 415 Å². The molecule has 0 aliphatic carbocycles. The van der Waals surface area contributed by atoms with Crippen LogP contribution in [0.25, 0.3) is 68.5 Å². The van der Waals surface area contributed by atoms with E-state index in [-0.39, 0.29) is 29.6 Å². The van der Waals surface area contributed by atoms with Gasteiger partial charge in [0, 0.05) is 52.3 Å². The Hall–Kier alpha value is -8.67. The number of esters is 3. The predicted octanol–water partition coefficient (Wildman–Crippen LogP) is 11.4. The lowest BCUT2D eigenvalue weighted by Crippen LogP contribution is -2.03. The Morgan fingerprint density at radius 3 is 1.10 bits per heavy atom. The van der Waals surface area contributed by atoms with Gasteiger partial charge in [-0.2, -0.15) is 15.0 Å². The van der Waals surface area contributed by atoms with Crippen molar-refractivity contribution in [1.29, 1.82) is 0 Å². The first-order chi connectivity index (χ1) is 35.3. The van der Waals surface area contributed by atoms with Crippen LogP contribution in [-0.2, 0) is 28.6 Å². The molecule has 0 radical (unpaired) electrons. The number of nitrogens with zero attached hydrogens (tertiary/aromatic N) is 6. The fourth-order valence-corrected chi connectivity index (χ4v) is 7.06. The Bertz CT molecular complexity index is 2740. The van der Waals surface area contributed by atoms with Crippen LogP contribution < -0.4 is 14.2 Å². The van der Waals surface area contributed by atoms with Gasteiger partial charge in [0.2, 0.25) is 17.5 Å². The molecule has 0 saturated heterocycles. The average Bonchev–Trinajstić information content (AvgIpc) is 4.22. The van der Waals surface area contributed by atoms with Crippen LogP contribution in [0.4, 0.5) is 0 Å². The third-order valence-corrected chi connectivity index (χ3v) is 10.8. The molecule has 0 aliphatic heterocycles. The van der Waals surface area contributed by atoms with Crippen LogP contribution >= 0.6 is 0 Å². The van der Waals surface area contributed by atoms with Gasteiger partial charge in [0.05, 0.1) is 39.0 Å². The maximum atomic E-state index is 11.5. The topological polar surface area (TPSA) is 223 Å². The zero-order valence-electron chi connectivity index (χ0n) is 39.7. The summed E-state index contributed by atoms with van der Waals surface area (Å²) in [6.07, 6.45) is 11.1. The Kier molecular flexibility index (Phi) is 19.1. The zero-order chi connectivity index (χ0) is 50.3. The van der Waals surface area contributed by atoms with Gasteiger partial charge in [0.25, 0.3) is 17.7 Å². The maximum absolute atomic E-state index is 11.5. The summed E-state index contributed by atoms with van der Waals surface area (Å²) < 4.78 is 49.7. The van der Waals surface area contributed by atoms with E-state index in [4.69, 9.17) is 56.9 Å². The molecule has 7 aromatic rings. The van der Waals surface area contributed by atoms with Crippen molar-refractivity contribution in [1.82, 2.24) is 30.4 Å². The first-order valence-electron chi connectivity index (χ1n) is 23.6. The second-order valence-corrected chi connectivity index (χ2v) is 16.1. The van der Waals surface area contributed by atoms with E-state index in [0.29, 0.717) is 120 Å². The third kappa shape index (κ3) is 15.4. The van der Waals surface area contributed by atoms with Crippen LogP contribution in [0.15, 0.2) is 143 Å². The van der Waals surface area contributed by atoms with Crippen molar-refractivity contribution in [2.45, 2.75) is 70.6 Å². The van der Waals surface area contributed by atoms with Crippen molar-refractivity contribution in [2.75, 3.05) is 26.4 Å². The maximum Gasteiger partial charge on any atom is 0.330 e. The normalized spacial score (nSPS) is 10.8. The van der Waals surface area contributed by atoms with Gasteiger partial charge in [-0.25, -0.2) is 4.79 Å². The minimum absolute atomic E-state index is 0.211. The number of rotatable bonds is 30. The fourth-order valence-electron chi connectivity index (χ4n) is 7.06. The van der Waals surface area contributed by atoms with Crippen molar-refractivity contribution in [3.05, 3.63) is 129 Å². The highest BCUT2D eigenvalue weighted by Gasteiger charge is 2.20. The van der Waals surface area contributed by atoms with E-state index in [1.165, 1.54) is 0 Å². The van der Waals surface area contributed by atoms with Crippen LogP contribution in [0.1, 0.15) is 70.6 Å². The average molecular weight is 979 g/mol. The molecular weight excluding hydrogens is 925 g/mol. The summed E-state index contributed by atoms with van der Waals surface area (Å²) in [7, 11) is 0. The van der Waals surface area contributed by atoms with Gasteiger partial charge in [-0.15, -0.1) is 0 Å². The minimum atomic E-state index is -0.425. The summed E-state index contributed by atoms with van der Waals surface area (Å²) in [6.45, 7) is 12.0. The number of ether oxygens (including phenoxy) is 6. The number of carbonyl (C=O) groups is 3. The van der Waals surface area contributed by atoms with Gasteiger partial charge in [0.1, 0.15) is 17.2 Å². The van der Waals surface area contributed by atoms with Crippen LogP contribution in [0.2, 0.25) is 0 Å². The highest BCUT2D eigenvalue weighted by molar-refractivity contribution is 5.81. The molecule has 0 aliphatic rings. The van der Waals surface area contributed by atoms with Gasteiger partial charge in [-0.1, -0.05) is 35.2 Å². The first-order valence-corrected chi connectivity index (χ1v) is 23.6. The van der Waals surface area contributed by atoms with Gasteiger partial charge >= 0.3 is 17.9 Å². The second-order valence-electron chi connectivity index (χ2n) is 16.1. The van der Waals surface area contributed by atoms with E-state index in [9.17, 15) is 14.4 Å². The molecule has 0 unspecified atom stereocenters. The largest absolute Gasteiger partial charge is 0.494 e. The molecule has 0 bridgehead atoms. The zero-order valence-corrected chi connectivity index (χ0v) is 39.7. The lowest BCUT2D eigenvalue weighted by atomic mass is 10.0. The second kappa shape index (κ2) is 26.9. The molecule has 0 saturated carbocycles. The van der Waals surface area contributed by atoms with E-state index in [1.807, 2.05) is 72.8 Å². The number of unbranched alkanes of at least 4 members (excludes halogenated alkanes) is 6. The number of benzene rings is 4. The van der Waals surface area contributed by atoms with Crippen molar-refractivity contribution in [2.24, 2.45) is 0 Å². The highest BCUT2D eigenvalue weighted by atomic mass is 16.5. The standard InChI is InChI=1S/C54H54N6O12/c1-4-46(61)69-33-15-9-14-32-68-45-28-22-39(23-29-45)51-57-54(72-60-51)42-35-40(52-55-49(58-70-52)37-18-24-43(25-19-37)66-30-12-7-10-16-47(62)64-5-2)34-41(36-42)53-56-50(59-71-53)38-20-26-44(27-21-38)67-31-13-8-11-17-48(63)65-6-3/h4-6,18-29,34-36H,1-3,7-17,30-33H2. The van der Waals surface area contributed by atoms with E-state index in [1.54, 1.807) is 18.2 Å². The van der Waals surface area contributed by atoms with Crippen LogP contribution in [-0.4, -0.2) is 74.8 Å². The van der Waals surface area contributed by atoms with Crippen molar-refractivity contribution in [3.8, 4) is 85.8 Å². The van der Waals surface area contributed by atoms with E-state index in [0.717, 1.165) is 63.5 Å². The molecule has 4 aromatic carbocycles. The Balaban J connectivity index is 1.04. The Morgan fingerprint density at radius 1 is 0.431 bits per heavy atom. The molecule has 0 spiro atoms. The van der Waals surface area contributed by atoms with Crippen molar-refractivity contribution < 1.29 is 56.4 Å². The number of hydrogen-bond donors (Lipinski definition) is 0. The molecule has 0 fully saturated rings. The van der Waals surface area contributed by atoms with Crippen LogP contribution in [0, 0.1) is 0 Å². The van der Waals surface area contributed by atoms with Crippen molar-refractivity contribution in [3.63, 3.8) is 0 Å². The van der Waals surface area contributed by atoms with E-state index in [2.05, 4.69) is 35.2 Å².